The second kappa shape index (κ2) is 9.47. The predicted octanol–water partition coefficient (Wildman–Crippen LogP) is 3.94. The van der Waals surface area contributed by atoms with Gasteiger partial charge in [-0.05, 0) is 0 Å². The monoisotopic (exact) mass is 440 g/mol. The van der Waals surface area contributed by atoms with Crippen molar-refractivity contribution in [3.8, 4) is 0 Å². The molecule has 5 N–H and O–H groups in total. The molecule has 2 aliphatic carbocycles. The molecule has 1 unspecified atom stereocenters. The fourth-order valence-corrected chi connectivity index (χ4v) is 7.04. The van der Waals surface area contributed by atoms with Crippen LogP contribution in [0.3, 0.4) is 0 Å². The number of hydrogen-bond acceptors (Lipinski definition) is 7. The van der Waals surface area contributed by atoms with Crippen molar-refractivity contribution in [2.45, 2.75) is 65.7 Å². The zero-order valence-corrected chi connectivity index (χ0v) is 19.2. The zero-order chi connectivity index (χ0) is 21.2. The molecule has 0 saturated heterocycles. The molecule has 2 rings (SSSR count). The van der Waals surface area contributed by atoms with Gasteiger partial charge >= 0.3 is 169 Å². The summed E-state index contributed by atoms with van der Waals surface area (Å²) in [6, 6.07) is 0. The minimum absolute atomic E-state index is 0.139. The first kappa shape index (κ1) is 24.3. The number of rotatable bonds is 8. The van der Waals surface area contributed by atoms with Crippen molar-refractivity contribution in [2.24, 2.45) is 23.2 Å². The molecule has 0 amide bonds. The van der Waals surface area contributed by atoms with Crippen LogP contribution in [0.25, 0.3) is 0 Å². The van der Waals surface area contributed by atoms with Crippen molar-refractivity contribution in [3.05, 3.63) is 23.8 Å². The number of fused-ring (bicyclic) bond motifs is 1. The van der Waals surface area contributed by atoms with E-state index in [2.05, 4.69) is 24.7 Å². The summed E-state index contributed by atoms with van der Waals surface area (Å²) >= 11 is 0. The van der Waals surface area contributed by atoms with Crippen molar-refractivity contribution in [1.29, 1.82) is 0 Å². The van der Waals surface area contributed by atoms with Crippen LogP contribution in [0.15, 0.2) is 23.8 Å². The molecule has 0 heterocycles. The van der Waals surface area contributed by atoms with Gasteiger partial charge in [0.1, 0.15) is 0 Å². The fourth-order valence-electron chi connectivity index (χ4n) is 5.08. The summed E-state index contributed by atoms with van der Waals surface area (Å²) in [6.07, 6.45) is 9.83. The molecule has 3 atom stereocenters. The Balaban J connectivity index is 1.87. The molecule has 0 spiro atoms. The number of hydrogen-bond donors (Lipinski definition) is 5. The molecule has 2 saturated carbocycles. The van der Waals surface area contributed by atoms with Gasteiger partial charge in [0.05, 0.1) is 0 Å². The van der Waals surface area contributed by atoms with Gasteiger partial charge in [0.25, 0.3) is 0 Å². The average Bonchev–Trinajstić information content (AvgIpc) is 2.50. The summed E-state index contributed by atoms with van der Waals surface area (Å²) in [7, 11) is -9.80. The fraction of sp³-hybridized carbons (Fsp3) is 0.789. The van der Waals surface area contributed by atoms with Gasteiger partial charge in [0.15, 0.2) is 0 Å². The van der Waals surface area contributed by atoms with E-state index < -0.39 is 16.3 Å². The first-order valence-corrected chi connectivity index (χ1v) is 13.6. The van der Waals surface area contributed by atoms with Gasteiger partial charge in [0.2, 0.25) is 0 Å². The summed E-state index contributed by atoms with van der Waals surface area (Å²) in [4.78, 5) is 45.3. The molecule has 2 fully saturated rings. The maximum absolute atomic E-state index is 9.47. The van der Waals surface area contributed by atoms with Crippen molar-refractivity contribution in [3.63, 3.8) is 0 Å². The van der Waals surface area contributed by atoms with E-state index >= 15 is 0 Å². The zero-order valence-electron chi connectivity index (χ0n) is 17.2. The van der Waals surface area contributed by atoms with Gasteiger partial charge in [-0.1, -0.05) is 0 Å². The van der Waals surface area contributed by atoms with E-state index in [-0.39, 0.29) is 6.61 Å². The topological polar surface area (TPSA) is 120 Å². The molecule has 166 valence electrons. The first-order valence-electron chi connectivity index (χ1n) is 10.1. The van der Waals surface area contributed by atoms with Crippen LogP contribution in [-0.4, -0.2) is 31.1 Å². The van der Waals surface area contributed by atoms with Crippen LogP contribution < -0.4 is 0 Å². The van der Waals surface area contributed by atoms with Gasteiger partial charge in [-0.15, -0.1) is 0 Å². The summed E-state index contributed by atoms with van der Waals surface area (Å²) in [6.45, 7) is 11.0. The van der Waals surface area contributed by atoms with E-state index in [0.717, 1.165) is 30.8 Å². The molecule has 7 nitrogen and oxygen atoms in total. The van der Waals surface area contributed by atoms with Crippen molar-refractivity contribution < 1.29 is 33.3 Å². The van der Waals surface area contributed by atoms with Crippen LogP contribution >= 0.6 is 16.3 Å². The van der Waals surface area contributed by atoms with Gasteiger partial charge in [-0.2, -0.15) is 0 Å². The molecular weight excluding hydrogens is 402 g/mol. The standard InChI is InChI=1S/C19H38O7P2/c1-14(11-13-25-28(23,24)26-27(20,21)22)7-9-16-15(2)8-10-18-17(16)6-5-12-19(18,3)4/h11,16-18,20-24,27-28H,2,5-10,12-13H2,1,3-4H3/b14-11+/t16-,17?,18+/m1/s1. The van der Waals surface area contributed by atoms with Crippen LogP contribution in [0, 0.1) is 23.2 Å². The molecule has 2 aliphatic rings. The van der Waals surface area contributed by atoms with Gasteiger partial charge < -0.3 is 0 Å². The average molecular weight is 440 g/mol. The van der Waals surface area contributed by atoms with Crippen LogP contribution in [0.4, 0.5) is 0 Å². The van der Waals surface area contributed by atoms with Crippen LogP contribution in [-0.2, 0) is 8.83 Å². The third kappa shape index (κ3) is 7.09. The Morgan fingerprint density at radius 2 is 1.89 bits per heavy atom. The van der Waals surface area contributed by atoms with Gasteiger partial charge in [0, 0.05) is 0 Å². The van der Waals surface area contributed by atoms with E-state index in [0.29, 0.717) is 17.3 Å². The summed E-state index contributed by atoms with van der Waals surface area (Å²) in [5, 5.41) is 0. The quantitative estimate of drug-likeness (QED) is 0.286. The minimum atomic E-state index is -5.04. The normalized spacial score (nSPS) is 30.1. The van der Waals surface area contributed by atoms with Crippen LogP contribution in [0.5, 0.6) is 0 Å². The molecule has 0 aromatic rings. The maximum atomic E-state index is 9.47. The Morgan fingerprint density at radius 1 is 1.21 bits per heavy atom. The molecule has 0 radical (unpaired) electrons. The molecule has 0 aliphatic heterocycles. The Hall–Kier alpha value is 0.0600. The van der Waals surface area contributed by atoms with E-state index in [1.165, 1.54) is 31.3 Å². The SMILES string of the molecule is C=C1CC[C@H]2C(CCCC2(C)C)[C@@H]1CC/C(C)=C/CO[PH](O)(O)O[PH](O)(O)O. The van der Waals surface area contributed by atoms with E-state index in [4.69, 9.17) is 19.2 Å². The second-order valence-electron chi connectivity index (χ2n) is 9.08. The molecule has 0 aromatic carbocycles. The second-order valence-corrected chi connectivity index (χ2v) is 12.4. The van der Waals surface area contributed by atoms with Gasteiger partial charge in [-0.25, -0.2) is 0 Å². The predicted molar refractivity (Wildman–Crippen MR) is 114 cm³/mol. The molecule has 0 aromatic heterocycles. The van der Waals surface area contributed by atoms with Crippen molar-refractivity contribution in [1.82, 2.24) is 0 Å². The van der Waals surface area contributed by atoms with E-state index in [9.17, 15) is 9.79 Å². The molecule has 0 bridgehead atoms. The summed E-state index contributed by atoms with van der Waals surface area (Å²) in [5.41, 5.74) is 2.82. The molecule has 28 heavy (non-hydrogen) atoms. The Kier molecular flexibility index (Phi) is 8.23. The van der Waals surface area contributed by atoms with E-state index in [1.54, 1.807) is 6.08 Å². The van der Waals surface area contributed by atoms with Crippen LogP contribution in [0.1, 0.15) is 65.7 Å². The van der Waals surface area contributed by atoms with Crippen molar-refractivity contribution >= 4 is 16.3 Å². The van der Waals surface area contributed by atoms with Crippen molar-refractivity contribution in [2.75, 3.05) is 6.61 Å². The Labute approximate surface area is 169 Å². The summed E-state index contributed by atoms with van der Waals surface area (Å²) in [5.74, 6) is 1.99. The third-order valence-corrected chi connectivity index (χ3v) is 9.22. The van der Waals surface area contributed by atoms with Gasteiger partial charge in [-0.3, -0.25) is 0 Å². The van der Waals surface area contributed by atoms with E-state index in [1.807, 2.05) is 6.92 Å². The number of allylic oxidation sites excluding steroid dienone is 2. The Bertz CT molecular complexity index is 583. The van der Waals surface area contributed by atoms with Crippen LogP contribution in [0.2, 0.25) is 0 Å². The molecule has 9 heteroatoms. The summed E-state index contributed by atoms with van der Waals surface area (Å²) < 4.78 is 8.84. The Morgan fingerprint density at radius 3 is 2.54 bits per heavy atom. The third-order valence-electron chi connectivity index (χ3n) is 6.52. The molecular formula is C19H38O7P2. The first-order chi connectivity index (χ1) is 12.8.